The topological polar surface area (TPSA) is 93.5 Å². The number of aromatic nitrogens is 2. The number of aryl methyl sites for hydroxylation is 1. The largest absolute Gasteiger partial charge is 0.480 e. The summed E-state index contributed by atoms with van der Waals surface area (Å²) in [5, 5.41) is 16.1. The molecule has 2 aromatic rings. The Balaban J connectivity index is 2.26. The second-order valence-corrected chi connectivity index (χ2v) is 5.28. The number of benzene rings is 1. The van der Waals surface area contributed by atoms with Gasteiger partial charge in [-0.3, -0.25) is 4.79 Å². The predicted octanol–water partition coefficient (Wildman–Crippen LogP) is 1.66. The Kier molecular flexibility index (Phi) is 5.36. The molecule has 122 valence electrons. The molecular formula is C15H16ClN3O4. The van der Waals surface area contributed by atoms with E-state index in [1.807, 2.05) is 0 Å². The first-order valence-electron chi connectivity index (χ1n) is 6.77. The lowest BCUT2D eigenvalue weighted by Gasteiger charge is -2.12. The maximum absolute atomic E-state index is 12.2. The summed E-state index contributed by atoms with van der Waals surface area (Å²) in [5.41, 5.74) is 1.36. The molecule has 1 atom stereocenters. The highest BCUT2D eigenvalue weighted by molar-refractivity contribution is 6.32. The van der Waals surface area contributed by atoms with Crippen molar-refractivity contribution < 1.29 is 19.4 Å². The molecule has 0 aliphatic carbocycles. The van der Waals surface area contributed by atoms with Crippen molar-refractivity contribution >= 4 is 23.5 Å². The number of carboxylic acids is 1. The monoisotopic (exact) mass is 337 g/mol. The second kappa shape index (κ2) is 7.26. The lowest BCUT2D eigenvalue weighted by atomic mass is 10.2. The Labute approximate surface area is 137 Å². The molecule has 2 N–H and O–H groups in total. The first kappa shape index (κ1) is 17.0. The summed E-state index contributed by atoms with van der Waals surface area (Å²) in [6.07, 6.45) is 1.65. The van der Waals surface area contributed by atoms with Crippen LogP contribution >= 0.6 is 11.6 Å². The third-order valence-electron chi connectivity index (χ3n) is 3.15. The molecule has 1 unspecified atom stereocenters. The van der Waals surface area contributed by atoms with Crippen LogP contribution in [0.1, 0.15) is 16.1 Å². The Bertz CT molecular complexity index is 729. The molecule has 7 nitrogen and oxygen atoms in total. The number of carboxylic acid groups (broad SMARTS) is 1. The van der Waals surface area contributed by atoms with Crippen LogP contribution in [0.2, 0.25) is 5.02 Å². The Morgan fingerprint density at radius 1 is 1.43 bits per heavy atom. The van der Waals surface area contributed by atoms with Crippen molar-refractivity contribution in [3.05, 3.63) is 46.7 Å². The molecule has 0 saturated carbocycles. The lowest BCUT2D eigenvalue weighted by molar-refractivity contribution is -0.140. The number of carbonyl (C=O) groups is 2. The lowest BCUT2D eigenvalue weighted by Crippen LogP contribution is -2.44. The van der Waals surface area contributed by atoms with Gasteiger partial charge in [-0.2, -0.15) is 5.10 Å². The number of halogens is 1. The normalized spacial score (nSPS) is 12.0. The molecule has 1 amide bonds. The summed E-state index contributed by atoms with van der Waals surface area (Å²) >= 11 is 6.11. The average Bonchev–Trinajstić information content (AvgIpc) is 2.89. The summed E-state index contributed by atoms with van der Waals surface area (Å²) in [4.78, 5) is 23.3. The number of carbonyl (C=O) groups excluding carboxylic acids is 1. The van der Waals surface area contributed by atoms with Gasteiger partial charge in [-0.1, -0.05) is 23.7 Å². The summed E-state index contributed by atoms with van der Waals surface area (Å²) in [5.74, 6) is -1.76. The van der Waals surface area contributed by atoms with Crippen molar-refractivity contribution in [2.45, 2.75) is 13.0 Å². The third kappa shape index (κ3) is 3.88. The zero-order chi connectivity index (χ0) is 17.0. The van der Waals surface area contributed by atoms with Crippen molar-refractivity contribution in [2.75, 3.05) is 13.7 Å². The van der Waals surface area contributed by atoms with Crippen LogP contribution in [-0.4, -0.2) is 46.5 Å². The van der Waals surface area contributed by atoms with Crippen molar-refractivity contribution in [3.63, 3.8) is 0 Å². The number of nitrogens with zero attached hydrogens (tertiary/aromatic N) is 2. The van der Waals surface area contributed by atoms with Gasteiger partial charge in [0, 0.05) is 18.9 Å². The third-order valence-corrected chi connectivity index (χ3v) is 3.47. The molecule has 0 aliphatic rings. The summed E-state index contributed by atoms with van der Waals surface area (Å²) < 4.78 is 6.27. The van der Waals surface area contributed by atoms with E-state index in [1.54, 1.807) is 37.4 Å². The smallest absolute Gasteiger partial charge is 0.328 e. The fourth-order valence-corrected chi connectivity index (χ4v) is 2.24. The minimum atomic E-state index is -1.18. The molecule has 0 fully saturated rings. The quantitative estimate of drug-likeness (QED) is 0.836. The molecule has 23 heavy (non-hydrogen) atoms. The summed E-state index contributed by atoms with van der Waals surface area (Å²) in [6.45, 7) is 1.58. The van der Waals surface area contributed by atoms with Crippen molar-refractivity contribution in [1.29, 1.82) is 0 Å². The van der Waals surface area contributed by atoms with Crippen LogP contribution in [0.15, 0.2) is 30.5 Å². The molecule has 1 heterocycles. The van der Waals surface area contributed by atoms with Crippen LogP contribution in [0.3, 0.4) is 0 Å². The molecule has 0 spiro atoms. The van der Waals surface area contributed by atoms with E-state index >= 15 is 0 Å². The van der Waals surface area contributed by atoms with E-state index in [9.17, 15) is 9.59 Å². The van der Waals surface area contributed by atoms with Gasteiger partial charge in [0.05, 0.1) is 17.3 Å². The SMILES string of the molecule is COCC(NC(=O)c1nn(-c2ccccc2Cl)cc1C)C(=O)O. The number of ether oxygens (including phenoxy) is 1. The molecule has 0 aliphatic heterocycles. The van der Waals surface area contributed by atoms with Gasteiger partial charge in [0.15, 0.2) is 11.7 Å². The number of nitrogens with one attached hydrogen (secondary N) is 1. The molecule has 1 aromatic heterocycles. The van der Waals surface area contributed by atoms with Crippen molar-refractivity contribution in [3.8, 4) is 5.69 Å². The van der Waals surface area contributed by atoms with Gasteiger partial charge in [-0.05, 0) is 19.1 Å². The zero-order valence-electron chi connectivity index (χ0n) is 12.6. The van der Waals surface area contributed by atoms with Gasteiger partial charge >= 0.3 is 5.97 Å². The average molecular weight is 338 g/mol. The molecule has 0 bridgehead atoms. The number of hydrogen-bond donors (Lipinski definition) is 2. The van der Waals surface area contributed by atoms with E-state index in [4.69, 9.17) is 21.4 Å². The molecule has 2 rings (SSSR count). The van der Waals surface area contributed by atoms with Crippen LogP contribution in [0.4, 0.5) is 0 Å². The van der Waals surface area contributed by atoms with E-state index in [2.05, 4.69) is 10.4 Å². The van der Waals surface area contributed by atoms with E-state index in [1.165, 1.54) is 11.8 Å². The minimum Gasteiger partial charge on any atom is -0.480 e. The molecule has 0 radical (unpaired) electrons. The van der Waals surface area contributed by atoms with Crippen LogP contribution in [0, 0.1) is 6.92 Å². The minimum absolute atomic E-state index is 0.132. The number of rotatable bonds is 6. The Hall–Kier alpha value is -2.38. The fraction of sp³-hybridized carbons (Fsp3) is 0.267. The summed E-state index contributed by atoms with van der Waals surface area (Å²) in [6, 6.07) is 5.93. The first-order valence-corrected chi connectivity index (χ1v) is 7.15. The van der Waals surface area contributed by atoms with Gasteiger partial charge in [-0.15, -0.1) is 0 Å². The van der Waals surface area contributed by atoms with Gasteiger partial charge in [0.25, 0.3) is 5.91 Å². The van der Waals surface area contributed by atoms with Gasteiger partial charge < -0.3 is 15.2 Å². The number of para-hydroxylation sites is 1. The zero-order valence-corrected chi connectivity index (χ0v) is 13.4. The number of hydrogen-bond acceptors (Lipinski definition) is 4. The number of methoxy groups -OCH3 is 1. The van der Waals surface area contributed by atoms with Crippen LogP contribution in [0.5, 0.6) is 0 Å². The van der Waals surface area contributed by atoms with Crippen molar-refractivity contribution in [1.82, 2.24) is 15.1 Å². The Morgan fingerprint density at radius 3 is 2.74 bits per heavy atom. The van der Waals surface area contributed by atoms with Gasteiger partial charge in [0.1, 0.15) is 0 Å². The summed E-state index contributed by atoms with van der Waals surface area (Å²) in [7, 11) is 1.36. The van der Waals surface area contributed by atoms with E-state index in [0.717, 1.165) is 0 Å². The molecular weight excluding hydrogens is 322 g/mol. The predicted molar refractivity (Wildman–Crippen MR) is 84.1 cm³/mol. The van der Waals surface area contributed by atoms with Gasteiger partial charge in [0.2, 0.25) is 0 Å². The standard InChI is InChI=1S/C15H16ClN3O4/c1-9-7-19(12-6-4-3-5-10(12)16)18-13(9)14(20)17-11(8-23-2)15(21)22/h3-7,11H,8H2,1-2H3,(H,17,20)(H,21,22). The highest BCUT2D eigenvalue weighted by atomic mass is 35.5. The van der Waals surface area contributed by atoms with E-state index in [-0.39, 0.29) is 12.3 Å². The Morgan fingerprint density at radius 2 is 2.13 bits per heavy atom. The van der Waals surface area contributed by atoms with Crippen LogP contribution in [0.25, 0.3) is 5.69 Å². The van der Waals surface area contributed by atoms with E-state index in [0.29, 0.717) is 16.3 Å². The highest BCUT2D eigenvalue weighted by Gasteiger charge is 2.23. The van der Waals surface area contributed by atoms with Gasteiger partial charge in [-0.25, -0.2) is 9.48 Å². The van der Waals surface area contributed by atoms with Crippen molar-refractivity contribution in [2.24, 2.45) is 0 Å². The number of amides is 1. The highest BCUT2D eigenvalue weighted by Crippen LogP contribution is 2.20. The number of aliphatic carboxylic acids is 1. The maximum atomic E-state index is 12.2. The maximum Gasteiger partial charge on any atom is 0.328 e. The van der Waals surface area contributed by atoms with Crippen LogP contribution in [-0.2, 0) is 9.53 Å². The van der Waals surface area contributed by atoms with E-state index < -0.39 is 17.9 Å². The molecule has 8 heteroatoms. The second-order valence-electron chi connectivity index (χ2n) is 4.88. The fourth-order valence-electron chi connectivity index (χ4n) is 2.01. The first-order chi connectivity index (χ1) is 10.9. The van der Waals surface area contributed by atoms with Crippen LogP contribution < -0.4 is 5.32 Å². The molecule has 1 aromatic carbocycles. The molecule has 0 saturated heterocycles.